The number of aromatic nitrogens is 2. The number of hydrogen-bond acceptors (Lipinski definition) is 4. The first-order chi connectivity index (χ1) is 11.4. The van der Waals surface area contributed by atoms with E-state index in [1.54, 1.807) is 0 Å². The second-order valence-electron chi connectivity index (χ2n) is 5.94. The van der Waals surface area contributed by atoms with Crippen molar-refractivity contribution in [2.75, 3.05) is 0 Å². The van der Waals surface area contributed by atoms with Crippen molar-refractivity contribution in [3.63, 3.8) is 0 Å². The van der Waals surface area contributed by atoms with Crippen molar-refractivity contribution < 1.29 is 4.52 Å². The van der Waals surface area contributed by atoms with Crippen LogP contribution in [0.2, 0.25) is 0 Å². The molecule has 0 saturated heterocycles. The van der Waals surface area contributed by atoms with Crippen molar-refractivity contribution in [1.29, 1.82) is 0 Å². The lowest BCUT2D eigenvalue weighted by Gasteiger charge is -2.23. The molecule has 0 aliphatic carbocycles. The lowest BCUT2D eigenvalue weighted by molar-refractivity contribution is 0.319. The maximum absolute atomic E-state index is 5.48. The summed E-state index contributed by atoms with van der Waals surface area (Å²) in [7, 11) is 0. The molecule has 1 aromatic heterocycles. The summed E-state index contributed by atoms with van der Waals surface area (Å²) in [4.78, 5) is 4.58. The van der Waals surface area contributed by atoms with Gasteiger partial charge in [-0.15, -0.1) is 0 Å². The van der Waals surface area contributed by atoms with E-state index in [4.69, 9.17) is 4.52 Å². The van der Waals surface area contributed by atoms with Crippen molar-refractivity contribution in [1.82, 2.24) is 15.5 Å². The zero-order chi connectivity index (χ0) is 15.5. The van der Waals surface area contributed by atoms with Crippen LogP contribution in [-0.2, 0) is 25.8 Å². The second kappa shape index (κ2) is 6.34. The van der Waals surface area contributed by atoms with Crippen LogP contribution in [0.5, 0.6) is 0 Å². The molecule has 2 aromatic carbocycles. The van der Waals surface area contributed by atoms with Gasteiger partial charge in [-0.25, -0.2) is 0 Å². The van der Waals surface area contributed by atoms with Gasteiger partial charge < -0.3 is 9.84 Å². The van der Waals surface area contributed by atoms with E-state index >= 15 is 0 Å². The molecule has 4 heteroatoms. The molecule has 2 heterocycles. The fourth-order valence-electron chi connectivity index (χ4n) is 3.04. The molecule has 0 fully saturated rings. The van der Waals surface area contributed by atoms with E-state index in [1.165, 1.54) is 16.7 Å². The summed E-state index contributed by atoms with van der Waals surface area (Å²) in [5.74, 6) is 1.48. The van der Waals surface area contributed by atoms with Crippen molar-refractivity contribution in [3.8, 4) is 0 Å². The average Bonchev–Trinajstić information content (AvgIpc) is 3.09. The van der Waals surface area contributed by atoms with Gasteiger partial charge in [0.25, 0.3) is 0 Å². The molecule has 0 amide bonds. The summed E-state index contributed by atoms with van der Waals surface area (Å²) < 4.78 is 5.48. The minimum Gasteiger partial charge on any atom is -0.338 e. The molecular formula is C19H19N3O. The molecule has 0 unspecified atom stereocenters. The van der Waals surface area contributed by atoms with Crippen molar-refractivity contribution >= 4 is 0 Å². The van der Waals surface area contributed by atoms with E-state index in [-0.39, 0.29) is 6.04 Å². The fraction of sp³-hybridized carbons (Fsp3) is 0.263. The van der Waals surface area contributed by atoms with Crippen LogP contribution >= 0.6 is 0 Å². The van der Waals surface area contributed by atoms with Crippen LogP contribution < -0.4 is 5.32 Å². The number of rotatable bonds is 4. The van der Waals surface area contributed by atoms with Gasteiger partial charge in [-0.05, 0) is 29.5 Å². The van der Waals surface area contributed by atoms with Crippen LogP contribution in [0.25, 0.3) is 0 Å². The largest absolute Gasteiger partial charge is 0.338 e. The number of hydrogen-bond donors (Lipinski definition) is 1. The summed E-state index contributed by atoms with van der Waals surface area (Å²) in [5, 5.41) is 7.62. The predicted octanol–water partition coefficient (Wildman–Crippen LogP) is 3.24. The Morgan fingerprint density at radius 2 is 1.74 bits per heavy atom. The minimum absolute atomic E-state index is 0.114. The van der Waals surface area contributed by atoms with Crippen LogP contribution in [0, 0.1) is 0 Å². The van der Waals surface area contributed by atoms with Crippen LogP contribution in [0.3, 0.4) is 0 Å². The minimum atomic E-state index is 0.114. The Bertz CT molecular complexity index is 782. The number of nitrogens with one attached hydrogen (secondary N) is 1. The lowest BCUT2D eigenvalue weighted by Crippen LogP contribution is -2.28. The maximum atomic E-state index is 5.48. The highest BCUT2D eigenvalue weighted by atomic mass is 16.5. The Morgan fingerprint density at radius 3 is 2.61 bits per heavy atom. The number of aryl methyl sites for hydroxylation is 2. The molecule has 4 rings (SSSR count). The van der Waals surface area contributed by atoms with Gasteiger partial charge in [0.1, 0.15) is 0 Å². The van der Waals surface area contributed by atoms with Gasteiger partial charge in [-0.3, -0.25) is 0 Å². The van der Waals surface area contributed by atoms with Gasteiger partial charge >= 0.3 is 0 Å². The second-order valence-corrected chi connectivity index (χ2v) is 5.94. The van der Waals surface area contributed by atoms with E-state index < -0.39 is 0 Å². The molecule has 1 aliphatic rings. The van der Waals surface area contributed by atoms with E-state index in [0.29, 0.717) is 5.89 Å². The maximum Gasteiger partial charge on any atom is 0.244 e. The Hall–Kier alpha value is -2.46. The molecule has 23 heavy (non-hydrogen) atoms. The first-order valence-corrected chi connectivity index (χ1v) is 8.05. The third kappa shape index (κ3) is 3.17. The smallest absolute Gasteiger partial charge is 0.244 e. The Morgan fingerprint density at radius 1 is 0.957 bits per heavy atom. The summed E-state index contributed by atoms with van der Waals surface area (Å²) in [6.07, 6.45) is 2.63. The van der Waals surface area contributed by atoms with Gasteiger partial charge in [0.2, 0.25) is 5.89 Å². The third-order valence-electron chi connectivity index (χ3n) is 4.34. The molecule has 0 radical (unpaired) electrons. The van der Waals surface area contributed by atoms with Gasteiger partial charge in [0.05, 0.1) is 6.04 Å². The Kier molecular flexibility index (Phi) is 3.90. The van der Waals surface area contributed by atoms with E-state index in [2.05, 4.69) is 64.0 Å². The zero-order valence-electron chi connectivity index (χ0n) is 12.9. The van der Waals surface area contributed by atoms with E-state index in [9.17, 15) is 0 Å². The Labute approximate surface area is 135 Å². The van der Waals surface area contributed by atoms with Crippen molar-refractivity contribution in [2.24, 2.45) is 0 Å². The molecule has 0 saturated carbocycles. The van der Waals surface area contributed by atoms with Gasteiger partial charge in [-0.2, -0.15) is 4.98 Å². The van der Waals surface area contributed by atoms with Crippen molar-refractivity contribution in [2.45, 2.75) is 31.8 Å². The molecule has 3 aromatic rings. The predicted molar refractivity (Wildman–Crippen MR) is 87.9 cm³/mol. The first-order valence-electron chi connectivity index (χ1n) is 8.05. The molecule has 1 N–H and O–H groups in total. The highest BCUT2D eigenvalue weighted by Gasteiger charge is 2.24. The molecule has 1 aliphatic heterocycles. The normalized spacial score (nSPS) is 17.0. The molecular weight excluding hydrogens is 286 g/mol. The van der Waals surface area contributed by atoms with Gasteiger partial charge in [0.15, 0.2) is 5.82 Å². The molecule has 4 nitrogen and oxygen atoms in total. The summed E-state index contributed by atoms with van der Waals surface area (Å²) in [5.41, 5.74) is 4.01. The third-order valence-corrected chi connectivity index (χ3v) is 4.34. The van der Waals surface area contributed by atoms with Crippen LogP contribution in [0.1, 0.15) is 34.4 Å². The standard InChI is InChI=1S/C19H19N3O/c1-2-6-14(7-3-1)10-11-18-21-19(23-22-18)17-12-15-8-4-5-9-16(15)13-20-17/h1-9,17,20H,10-13H2/t17-/m1/s1. The molecule has 116 valence electrons. The quantitative estimate of drug-likeness (QED) is 0.804. The number of fused-ring (bicyclic) bond motifs is 1. The summed E-state index contributed by atoms with van der Waals surface area (Å²) >= 11 is 0. The topological polar surface area (TPSA) is 51.0 Å². The fourth-order valence-corrected chi connectivity index (χ4v) is 3.04. The molecule has 0 bridgehead atoms. The van der Waals surface area contributed by atoms with Crippen LogP contribution in [-0.4, -0.2) is 10.1 Å². The Balaban J connectivity index is 1.42. The molecule has 1 atom stereocenters. The van der Waals surface area contributed by atoms with Gasteiger partial charge in [0, 0.05) is 13.0 Å². The number of benzene rings is 2. The zero-order valence-corrected chi connectivity index (χ0v) is 12.9. The SMILES string of the molecule is c1ccc(CCc2noc([C@H]3Cc4ccccc4CN3)n2)cc1. The average molecular weight is 305 g/mol. The summed E-state index contributed by atoms with van der Waals surface area (Å²) in [6.45, 7) is 0.850. The molecule has 0 spiro atoms. The van der Waals surface area contributed by atoms with Crippen LogP contribution in [0.15, 0.2) is 59.1 Å². The highest BCUT2D eigenvalue weighted by Crippen LogP contribution is 2.24. The number of nitrogens with zero attached hydrogens (tertiary/aromatic N) is 2. The monoisotopic (exact) mass is 305 g/mol. The van der Waals surface area contributed by atoms with Crippen LogP contribution in [0.4, 0.5) is 0 Å². The lowest BCUT2D eigenvalue weighted by atomic mass is 9.96. The van der Waals surface area contributed by atoms with Crippen molar-refractivity contribution in [3.05, 3.63) is 83.0 Å². The van der Waals surface area contributed by atoms with Gasteiger partial charge in [-0.1, -0.05) is 59.8 Å². The highest BCUT2D eigenvalue weighted by molar-refractivity contribution is 5.30. The van der Waals surface area contributed by atoms with E-state index in [1.807, 2.05) is 6.07 Å². The first kappa shape index (κ1) is 14.2. The van der Waals surface area contributed by atoms with E-state index in [0.717, 1.165) is 31.6 Å². The summed E-state index contributed by atoms with van der Waals surface area (Å²) in [6, 6.07) is 19.0.